The number of nitrogens with zero attached hydrogens (tertiary/aromatic N) is 2. The average molecular weight is 247 g/mol. The van der Waals surface area contributed by atoms with Crippen molar-refractivity contribution in [2.45, 2.75) is 25.4 Å². The molecule has 0 atom stereocenters. The lowest BCUT2D eigenvalue weighted by Gasteiger charge is -2.18. The number of fused-ring (bicyclic) bond motifs is 1. The molecule has 0 unspecified atom stereocenters. The van der Waals surface area contributed by atoms with Crippen LogP contribution in [-0.2, 0) is 6.54 Å². The minimum Gasteiger partial charge on any atom is -0.476 e. The van der Waals surface area contributed by atoms with E-state index in [-0.39, 0.29) is 18.1 Å². The van der Waals surface area contributed by atoms with Crippen molar-refractivity contribution >= 4 is 17.7 Å². The summed E-state index contributed by atoms with van der Waals surface area (Å²) in [6.07, 6.45) is 2.17. The first-order valence-corrected chi connectivity index (χ1v) is 5.86. The lowest BCUT2D eigenvalue weighted by Crippen LogP contribution is -2.22. The standard InChI is InChI=1S/C12H13N3O3/c1-15(6-2-3-6)9-4-7-8(5-13-11(7)16)10(14-9)12(17)18/h4,6H,2-3,5H2,1H3,(H,13,16)(H,17,18). The molecule has 1 aromatic rings. The zero-order chi connectivity index (χ0) is 12.9. The van der Waals surface area contributed by atoms with E-state index in [0.29, 0.717) is 23.0 Å². The SMILES string of the molecule is CN(c1cc2c(c(C(=O)O)n1)CNC2=O)C1CC1. The number of amides is 1. The van der Waals surface area contributed by atoms with E-state index in [2.05, 4.69) is 10.3 Å². The van der Waals surface area contributed by atoms with E-state index in [4.69, 9.17) is 0 Å². The van der Waals surface area contributed by atoms with Gasteiger partial charge in [0, 0.05) is 25.2 Å². The van der Waals surface area contributed by atoms with Gasteiger partial charge < -0.3 is 15.3 Å². The highest BCUT2D eigenvalue weighted by Crippen LogP contribution is 2.31. The molecule has 1 saturated carbocycles. The predicted molar refractivity (Wildman–Crippen MR) is 63.8 cm³/mol. The van der Waals surface area contributed by atoms with Crippen molar-refractivity contribution in [2.75, 3.05) is 11.9 Å². The summed E-state index contributed by atoms with van der Waals surface area (Å²) in [6, 6.07) is 2.10. The van der Waals surface area contributed by atoms with Crippen LogP contribution in [0.25, 0.3) is 0 Å². The number of aromatic carboxylic acids is 1. The van der Waals surface area contributed by atoms with E-state index < -0.39 is 5.97 Å². The van der Waals surface area contributed by atoms with E-state index in [0.717, 1.165) is 12.8 Å². The molecule has 0 bridgehead atoms. The minimum atomic E-state index is -1.09. The molecule has 6 nitrogen and oxygen atoms in total. The van der Waals surface area contributed by atoms with Gasteiger partial charge in [0.15, 0.2) is 5.69 Å². The number of carboxylic acids is 1. The summed E-state index contributed by atoms with van der Waals surface area (Å²) in [4.78, 5) is 29.0. The molecule has 0 spiro atoms. The third-order valence-corrected chi connectivity index (χ3v) is 3.44. The zero-order valence-corrected chi connectivity index (χ0v) is 9.93. The summed E-state index contributed by atoms with van der Waals surface area (Å²) in [7, 11) is 1.88. The number of hydrogen-bond acceptors (Lipinski definition) is 4. The molecule has 1 amide bonds. The topological polar surface area (TPSA) is 82.5 Å². The van der Waals surface area contributed by atoms with E-state index in [1.807, 2.05) is 11.9 Å². The van der Waals surface area contributed by atoms with E-state index >= 15 is 0 Å². The van der Waals surface area contributed by atoms with Crippen molar-refractivity contribution in [1.29, 1.82) is 0 Å². The van der Waals surface area contributed by atoms with Crippen LogP contribution in [0.15, 0.2) is 6.07 Å². The second-order valence-corrected chi connectivity index (χ2v) is 4.69. The summed E-state index contributed by atoms with van der Waals surface area (Å²) in [5, 5.41) is 11.8. The summed E-state index contributed by atoms with van der Waals surface area (Å²) in [5.74, 6) is -0.750. The van der Waals surface area contributed by atoms with Gasteiger partial charge >= 0.3 is 5.97 Å². The van der Waals surface area contributed by atoms with Crippen LogP contribution < -0.4 is 10.2 Å². The lowest BCUT2D eigenvalue weighted by atomic mass is 10.1. The maximum atomic E-state index is 11.7. The number of aromatic nitrogens is 1. The quantitative estimate of drug-likeness (QED) is 0.818. The van der Waals surface area contributed by atoms with Gasteiger partial charge in [0.05, 0.1) is 5.56 Å². The molecule has 0 radical (unpaired) electrons. The van der Waals surface area contributed by atoms with Crippen LogP contribution in [0, 0.1) is 0 Å². The summed E-state index contributed by atoms with van der Waals surface area (Å²) in [5.41, 5.74) is 0.902. The maximum absolute atomic E-state index is 11.7. The monoisotopic (exact) mass is 247 g/mol. The van der Waals surface area contributed by atoms with Gasteiger partial charge in [-0.3, -0.25) is 4.79 Å². The van der Waals surface area contributed by atoms with E-state index in [1.54, 1.807) is 6.07 Å². The Morgan fingerprint density at radius 2 is 2.28 bits per heavy atom. The van der Waals surface area contributed by atoms with Gasteiger partial charge in [0.25, 0.3) is 5.91 Å². The van der Waals surface area contributed by atoms with Crippen LogP contribution in [0.1, 0.15) is 39.3 Å². The number of carbonyl (C=O) groups is 2. The van der Waals surface area contributed by atoms with Gasteiger partial charge in [-0.25, -0.2) is 9.78 Å². The predicted octanol–water partition coefficient (Wildman–Crippen LogP) is 0.622. The molecule has 0 saturated heterocycles. The fourth-order valence-corrected chi connectivity index (χ4v) is 2.21. The van der Waals surface area contributed by atoms with Gasteiger partial charge in [-0.2, -0.15) is 0 Å². The van der Waals surface area contributed by atoms with Crippen LogP contribution >= 0.6 is 0 Å². The molecule has 1 fully saturated rings. The van der Waals surface area contributed by atoms with Gasteiger partial charge in [-0.05, 0) is 18.9 Å². The molecular weight excluding hydrogens is 234 g/mol. The highest BCUT2D eigenvalue weighted by atomic mass is 16.4. The molecule has 2 heterocycles. The third-order valence-electron chi connectivity index (χ3n) is 3.44. The number of hydrogen-bond donors (Lipinski definition) is 2. The molecule has 0 aromatic carbocycles. The fraction of sp³-hybridized carbons (Fsp3) is 0.417. The Morgan fingerprint density at radius 3 is 2.89 bits per heavy atom. The van der Waals surface area contributed by atoms with Crippen molar-refractivity contribution in [3.8, 4) is 0 Å². The first-order chi connectivity index (χ1) is 8.58. The van der Waals surface area contributed by atoms with E-state index in [1.165, 1.54) is 0 Å². The van der Waals surface area contributed by atoms with Crippen molar-refractivity contribution < 1.29 is 14.7 Å². The van der Waals surface area contributed by atoms with Crippen LogP contribution in [-0.4, -0.2) is 35.1 Å². The summed E-state index contributed by atoms with van der Waals surface area (Å²) < 4.78 is 0. The third kappa shape index (κ3) is 1.61. The van der Waals surface area contributed by atoms with Gasteiger partial charge in [0.2, 0.25) is 0 Å². The van der Waals surface area contributed by atoms with Crippen LogP contribution in [0.5, 0.6) is 0 Å². The van der Waals surface area contributed by atoms with Gasteiger partial charge in [-0.1, -0.05) is 0 Å². The Labute approximate surface area is 104 Å². The Kier molecular flexibility index (Phi) is 2.26. The number of pyridine rings is 1. The molecule has 6 heteroatoms. The first kappa shape index (κ1) is 11.0. The largest absolute Gasteiger partial charge is 0.476 e. The lowest BCUT2D eigenvalue weighted by molar-refractivity contribution is 0.0689. The van der Waals surface area contributed by atoms with Gasteiger partial charge in [-0.15, -0.1) is 0 Å². The summed E-state index contributed by atoms with van der Waals surface area (Å²) in [6.45, 7) is 0.246. The number of carboxylic acid groups (broad SMARTS) is 1. The Bertz CT molecular complexity index is 552. The van der Waals surface area contributed by atoms with Crippen LogP contribution in [0.4, 0.5) is 5.82 Å². The van der Waals surface area contributed by atoms with Gasteiger partial charge in [0.1, 0.15) is 5.82 Å². The first-order valence-electron chi connectivity index (χ1n) is 5.86. The second-order valence-electron chi connectivity index (χ2n) is 4.69. The number of carbonyl (C=O) groups excluding carboxylic acids is 1. The second kappa shape index (κ2) is 3.69. The van der Waals surface area contributed by atoms with Crippen molar-refractivity contribution in [1.82, 2.24) is 10.3 Å². The Balaban J connectivity index is 2.11. The number of nitrogens with one attached hydrogen (secondary N) is 1. The Hall–Kier alpha value is -2.11. The van der Waals surface area contributed by atoms with Crippen molar-refractivity contribution in [3.63, 3.8) is 0 Å². The molecule has 1 aliphatic heterocycles. The van der Waals surface area contributed by atoms with E-state index in [9.17, 15) is 14.7 Å². The van der Waals surface area contributed by atoms with Crippen molar-refractivity contribution in [3.05, 3.63) is 22.9 Å². The van der Waals surface area contributed by atoms with Crippen LogP contribution in [0.2, 0.25) is 0 Å². The number of rotatable bonds is 3. The molecule has 1 aliphatic carbocycles. The molecule has 1 aromatic heterocycles. The molecule has 94 valence electrons. The highest BCUT2D eigenvalue weighted by Gasteiger charge is 2.31. The summed E-state index contributed by atoms with van der Waals surface area (Å²) >= 11 is 0. The smallest absolute Gasteiger partial charge is 0.354 e. The zero-order valence-electron chi connectivity index (χ0n) is 9.93. The minimum absolute atomic E-state index is 0.0200. The molecule has 2 N–H and O–H groups in total. The molecular formula is C12H13N3O3. The normalized spacial score (nSPS) is 17.3. The molecule has 18 heavy (non-hydrogen) atoms. The fourth-order valence-electron chi connectivity index (χ4n) is 2.21. The Morgan fingerprint density at radius 1 is 1.56 bits per heavy atom. The van der Waals surface area contributed by atoms with Crippen molar-refractivity contribution in [2.24, 2.45) is 0 Å². The molecule has 3 rings (SSSR count). The average Bonchev–Trinajstić information content (AvgIpc) is 3.13. The highest BCUT2D eigenvalue weighted by molar-refractivity contribution is 6.02. The maximum Gasteiger partial charge on any atom is 0.354 e. The molecule has 2 aliphatic rings. The number of anilines is 1. The van der Waals surface area contributed by atoms with Crippen LogP contribution in [0.3, 0.4) is 0 Å².